The molecule has 2 rings (SSSR count). The molecule has 102 valence electrons. The maximum absolute atomic E-state index is 12.4. The molecule has 0 saturated carbocycles. The normalized spacial score (nSPS) is 30.6. The number of nitrogens with two attached hydrogens (primary N) is 1. The molecule has 0 aromatic rings. The summed E-state index contributed by atoms with van der Waals surface area (Å²) < 4.78 is 0. The van der Waals surface area contributed by atoms with Crippen LogP contribution in [0.5, 0.6) is 0 Å². The minimum absolute atomic E-state index is 0.00977. The largest absolute Gasteiger partial charge is 0.354 e. The first-order valence-electron chi connectivity index (χ1n) is 6.90. The zero-order valence-electron chi connectivity index (χ0n) is 11.2. The number of carbonyl (C=O) groups excluding carboxylic acids is 2. The topological polar surface area (TPSA) is 75.4 Å². The molecule has 0 aromatic heterocycles. The number of hydrogen-bond acceptors (Lipinski definition) is 3. The fourth-order valence-corrected chi connectivity index (χ4v) is 2.91. The molecule has 0 bridgehead atoms. The Hall–Kier alpha value is -1.10. The summed E-state index contributed by atoms with van der Waals surface area (Å²) in [7, 11) is 0. The van der Waals surface area contributed by atoms with E-state index in [1.165, 1.54) is 0 Å². The molecule has 2 amide bonds. The molecule has 5 nitrogen and oxygen atoms in total. The van der Waals surface area contributed by atoms with Crippen LogP contribution in [0, 0.1) is 11.8 Å². The Kier molecular flexibility index (Phi) is 3.90. The van der Waals surface area contributed by atoms with Crippen LogP contribution >= 0.6 is 0 Å². The molecular weight excluding hydrogens is 230 g/mol. The van der Waals surface area contributed by atoms with E-state index < -0.39 is 6.04 Å². The molecule has 2 saturated heterocycles. The number of nitrogens with zero attached hydrogens (tertiary/aromatic N) is 1. The molecule has 3 N–H and O–H groups in total. The zero-order chi connectivity index (χ0) is 13.3. The summed E-state index contributed by atoms with van der Waals surface area (Å²) in [4.78, 5) is 25.9. The monoisotopic (exact) mass is 253 g/mol. The van der Waals surface area contributed by atoms with Crippen LogP contribution in [0.3, 0.4) is 0 Å². The Morgan fingerprint density at radius 1 is 1.61 bits per heavy atom. The van der Waals surface area contributed by atoms with E-state index in [1.54, 1.807) is 0 Å². The highest BCUT2D eigenvalue weighted by Crippen LogP contribution is 2.28. The number of rotatable bonds is 3. The van der Waals surface area contributed by atoms with Gasteiger partial charge in [0.05, 0.1) is 18.0 Å². The van der Waals surface area contributed by atoms with Crippen LogP contribution in [0.25, 0.3) is 0 Å². The summed E-state index contributed by atoms with van der Waals surface area (Å²) in [5.74, 6) is 0.264. The third-order valence-corrected chi connectivity index (χ3v) is 4.43. The smallest absolute Gasteiger partial charge is 0.240 e. The van der Waals surface area contributed by atoms with Gasteiger partial charge in [0.2, 0.25) is 11.8 Å². The second-order valence-corrected chi connectivity index (χ2v) is 5.50. The van der Waals surface area contributed by atoms with Gasteiger partial charge in [-0.2, -0.15) is 0 Å². The highest BCUT2D eigenvalue weighted by Gasteiger charge is 2.43. The Labute approximate surface area is 108 Å². The molecule has 5 heteroatoms. The Morgan fingerprint density at radius 3 is 3.00 bits per heavy atom. The number of carbonyl (C=O) groups is 2. The first-order chi connectivity index (χ1) is 8.56. The van der Waals surface area contributed by atoms with Crippen molar-refractivity contribution in [1.29, 1.82) is 0 Å². The van der Waals surface area contributed by atoms with Crippen LogP contribution in [-0.4, -0.2) is 41.9 Å². The number of nitrogens with one attached hydrogen (secondary N) is 1. The van der Waals surface area contributed by atoms with Crippen LogP contribution in [0.1, 0.15) is 33.1 Å². The van der Waals surface area contributed by atoms with Crippen molar-refractivity contribution in [2.45, 2.75) is 45.2 Å². The van der Waals surface area contributed by atoms with Gasteiger partial charge in [0.1, 0.15) is 0 Å². The van der Waals surface area contributed by atoms with E-state index in [0.29, 0.717) is 6.54 Å². The number of fused-ring (bicyclic) bond motifs is 1. The fraction of sp³-hybridized carbons (Fsp3) is 0.846. The first kappa shape index (κ1) is 13.3. The van der Waals surface area contributed by atoms with Crippen molar-refractivity contribution in [1.82, 2.24) is 10.2 Å². The van der Waals surface area contributed by atoms with E-state index >= 15 is 0 Å². The van der Waals surface area contributed by atoms with E-state index in [2.05, 4.69) is 5.32 Å². The molecule has 2 fully saturated rings. The van der Waals surface area contributed by atoms with Gasteiger partial charge < -0.3 is 16.0 Å². The lowest BCUT2D eigenvalue weighted by Crippen LogP contribution is -2.55. The predicted molar refractivity (Wildman–Crippen MR) is 68.7 cm³/mol. The highest BCUT2D eigenvalue weighted by molar-refractivity contribution is 5.86. The van der Waals surface area contributed by atoms with Crippen molar-refractivity contribution < 1.29 is 9.59 Å². The minimum Gasteiger partial charge on any atom is -0.354 e. The van der Waals surface area contributed by atoms with Gasteiger partial charge in [0.15, 0.2) is 0 Å². The number of amides is 2. The quantitative estimate of drug-likeness (QED) is 0.749. The lowest BCUT2D eigenvalue weighted by molar-refractivity contribution is -0.139. The van der Waals surface area contributed by atoms with Gasteiger partial charge in [-0.15, -0.1) is 0 Å². The standard InChI is InChI=1S/C13H23N3O2/c1-3-8(2)11(14)13(18)16-6-4-5-9-10(16)7-15-12(9)17/h8-11H,3-7,14H2,1-2H3,(H,15,17)/t8?,9?,10?,11-/m0/s1. The van der Waals surface area contributed by atoms with E-state index in [-0.39, 0.29) is 29.7 Å². The second-order valence-electron chi connectivity index (χ2n) is 5.50. The maximum Gasteiger partial charge on any atom is 0.240 e. The lowest BCUT2D eigenvalue weighted by atomic mass is 9.89. The van der Waals surface area contributed by atoms with E-state index in [0.717, 1.165) is 25.8 Å². The molecule has 0 aromatic carbocycles. The summed E-state index contributed by atoms with van der Waals surface area (Å²) >= 11 is 0. The molecule has 4 atom stereocenters. The van der Waals surface area contributed by atoms with Crippen molar-refractivity contribution in [3.05, 3.63) is 0 Å². The van der Waals surface area contributed by atoms with E-state index in [1.807, 2.05) is 18.7 Å². The second kappa shape index (κ2) is 5.26. The average Bonchev–Trinajstić information content (AvgIpc) is 2.78. The minimum atomic E-state index is -0.440. The van der Waals surface area contributed by atoms with Gasteiger partial charge in [-0.1, -0.05) is 20.3 Å². The van der Waals surface area contributed by atoms with Crippen LogP contribution < -0.4 is 11.1 Å². The van der Waals surface area contributed by atoms with Gasteiger partial charge in [0, 0.05) is 13.1 Å². The van der Waals surface area contributed by atoms with E-state index in [9.17, 15) is 9.59 Å². The van der Waals surface area contributed by atoms with Crippen molar-refractivity contribution in [2.24, 2.45) is 17.6 Å². The molecule has 0 spiro atoms. The molecule has 0 radical (unpaired) electrons. The number of likely N-dealkylation sites (tertiary alicyclic amines) is 1. The molecule has 18 heavy (non-hydrogen) atoms. The molecule has 2 aliphatic heterocycles. The summed E-state index contributed by atoms with van der Waals surface area (Å²) in [6.07, 6.45) is 2.68. The van der Waals surface area contributed by atoms with Crippen LogP contribution in [-0.2, 0) is 9.59 Å². The average molecular weight is 253 g/mol. The Bertz CT molecular complexity index is 345. The predicted octanol–water partition coefficient (Wildman–Crippen LogP) is 0.0968. The van der Waals surface area contributed by atoms with Crippen molar-refractivity contribution in [2.75, 3.05) is 13.1 Å². The maximum atomic E-state index is 12.4. The highest BCUT2D eigenvalue weighted by atomic mass is 16.2. The molecule has 2 aliphatic rings. The summed E-state index contributed by atoms with van der Waals surface area (Å²) in [5.41, 5.74) is 6.02. The summed E-state index contributed by atoms with van der Waals surface area (Å²) in [5, 5.41) is 2.85. The van der Waals surface area contributed by atoms with Crippen molar-refractivity contribution >= 4 is 11.8 Å². The Morgan fingerprint density at radius 2 is 2.33 bits per heavy atom. The van der Waals surface area contributed by atoms with E-state index in [4.69, 9.17) is 5.73 Å². The summed E-state index contributed by atoms with van der Waals surface area (Å²) in [6, 6.07) is -0.418. The molecule has 3 unspecified atom stereocenters. The van der Waals surface area contributed by atoms with Crippen LogP contribution in [0.4, 0.5) is 0 Å². The SMILES string of the molecule is CCC(C)[C@H](N)C(=O)N1CCCC2C(=O)NCC21. The first-order valence-corrected chi connectivity index (χ1v) is 6.90. The zero-order valence-corrected chi connectivity index (χ0v) is 11.2. The third kappa shape index (κ3) is 2.23. The van der Waals surface area contributed by atoms with Gasteiger partial charge in [-0.3, -0.25) is 9.59 Å². The van der Waals surface area contributed by atoms with Crippen molar-refractivity contribution in [3.63, 3.8) is 0 Å². The lowest BCUT2D eigenvalue weighted by Gasteiger charge is -2.38. The van der Waals surface area contributed by atoms with Crippen molar-refractivity contribution in [3.8, 4) is 0 Å². The molecule has 0 aliphatic carbocycles. The van der Waals surface area contributed by atoms with Crippen LogP contribution in [0.15, 0.2) is 0 Å². The van der Waals surface area contributed by atoms with Gasteiger partial charge in [-0.25, -0.2) is 0 Å². The summed E-state index contributed by atoms with van der Waals surface area (Å²) in [6.45, 7) is 5.36. The van der Waals surface area contributed by atoms with Gasteiger partial charge >= 0.3 is 0 Å². The van der Waals surface area contributed by atoms with Crippen LogP contribution in [0.2, 0.25) is 0 Å². The third-order valence-electron chi connectivity index (χ3n) is 4.43. The Balaban J connectivity index is 2.08. The fourth-order valence-electron chi connectivity index (χ4n) is 2.91. The molecule has 2 heterocycles. The van der Waals surface area contributed by atoms with Gasteiger partial charge in [-0.05, 0) is 18.8 Å². The molecular formula is C13H23N3O2. The number of piperidine rings is 1. The van der Waals surface area contributed by atoms with Gasteiger partial charge in [0.25, 0.3) is 0 Å². The number of hydrogen-bond donors (Lipinski definition) is 2.